The van der Waals surface area contributed by atoms with Gasteiger partial charge in [-0.2, -0.15) is 0 Å². The van der Waals surface area contributed by atoms with E-state index in [9.17, 15) is 19.2 Å². The molecule has 4 aliphatic rings. The fourth-order valence-electron chi connectivity index (χ4n) is 8.93. The average Bonchev–Trinajstić information content (AvgIpc) is 3.39. The Kier molecular flexibility index (Phi) is 5.56. The largest absolute Gasteiger partial charge is 0.472 e. The maximum absolute atomic E-state index is 13.6. The van der Waals surface area contributed by atoms with Gasteiger partial charge in [0.25, 0.3) is 0 Å². The first-order valence-corrected chi connectivity index (χ1v) is 13.1. The van der Waals surface area contributed by atoms with Gasteiger partial charge in [0.15, 0.2) is 11.6 Å². The van der Waals surface area contributed by atoms with E-state index in [0.717, 1.165) is 24.0 Å². The summed E-state index contributed by atoms with van der Waals surface area (Å²) in [7, 11) is 0. The molecule has 0 amide bonds. The third-order valence-corrected chi connectivity index (χ3v) is 10.2. The third-order valence-electron chi connectivity index (χ3n) is 10.2. The lowest BCUT2D eigenvalue weighted by atomic mass is 9.37. The standard InChI is InChI=1S/C30H36O7/c1-16(31)36-24-25-27(3,4)22(34)9-12-29(25,6)20-8-11-28(5)21(30(20,7)26(24)37-17(2)32)14-19(33)23(28)18-10-13-35-15-18/h9-10,12-15,20,23-26H,8,11H2,1-7H3/t20-,23-,24-,25+,26-,28-,29?,30-/m1/s1. The molecule has 0 aromatic carbocycles. The van der Waals surface area contributed by atoms with Crippen molar-refractivity contribution in [3.8, 4) is 0 Å². The summed E-state index contributed by atoms with van der Waals surface area (Å²) in [6.45, 7) is 12.7. The lowest BCUT2D eigenvalue weighted by Crippen LogP contribution is -2.70. The summed E-state index contributed by atoms with van der Waals surface area (Å²) in [5, 5.41) is 0. The molecule has 2 saturated carbocycles. The molecule has 1 heterocycles. The number of hydrogen-bond acceptors (Lipinski definition) is 7. The summed E-state index contributed by atoms with van der Waals surface area (Å²) in [6.07, 6.45) is 8.33. The van der Waals surface area contributed by atoms with Gasteiger partial charge in [0.2, 0.25) is 0 Å². The second-order valence-electron chi connectivity index (χ2n) is 12.6. The van der Waals surface area contributed by atoms with Gasteiger partial charge in [0.05, 0.1) is 18.4 Å². The number of carbonyl (C=O) groups excluding carboxylic acids is 4. The molecule has 0 radical (unpaired) electrons. The fraction of sp³-hybridized carbons (Fsp3) is 0.600. The Balaban J connectivity index is 1.76. The highest BCUT2D eigenvalue weighted by molar-refractivity contribution is 6.01. The molecular weight excluding hydrogens is 472 g/mol. The summed E-state index contributed by atoms with van der Waals surface area (Å²) in [5.41, 5.74) is -1.02. The zero-order chi connectivity index (χ0) is 27.1. The second-order valence-corrected chi connectivity index (χ2v) is 12.6. The van der Waals surface area contributed by atoms with Crippen LogP contribution in [0.1, 0.15) is 72.8 Å². The van der Waals surface area contributed by atoms with E-state index in [-0.39, 0.29) is 17.5 Å². The molecule has 198 valence electrons. The second kappa shape index (κ2) is 8.02. The lowest BCUT2D eigenvalue weighted by molar-refractivity contribution is -0.237. The molecule has 4 aliphatic carbocycles. The zero-order valence-corrected chi connectivity index (χ0v) is 22.6. The molecule has 1 aromatic rings. The molecule has 37 heavy (non-hydrogen) atoms. The number of hydrogen-bond donors (Lipinski definition) is 0. The highest BCUT2D eigenvalue weighted by Crippen LogP contribution is 2.72. The van der Waals surface area contributed by atoms with Crippen LogP contribution in [0.15, 0.2) is 46.8 Å². The normalized spacial score (nSPS) is 41.8. The lowest BCUT2D eigenvalue weighted by Gasteiger charge is -2.67. The third kappa shape index (κ3) is 3.31. The molecule has 0 bridgehead atoms. The quantitative estimate of drug-likeness (QED) is 0.532. The van der Waals surface area contributed by atoms with E-state index < -0.39 is 57.6 Å². The number of rotatable bonds is 3. The van der Waals surface area contributed by atoms with E-state index in [1.54, 1.807) is 24.7 Å². The predicted molar refractivity (Wildman–Crippen MR) is 134 cm³/mol. The van der Waals surface area contributed by atoms with Gasteiger partial charge in [-0.1, -0.05) is 40.7 Å². The SMILES string of the molecule is CC(=O)O[C@H]1[C@@H](OC(C)=O)[C@@]2(C)C3=CC(=O)[C@@H](c4ccoc4)[C@]3(C)CC[C@@H]2C2(C)C=CC(=O)C(C)(C)[C@H]12. The maximum Gasteiger partial charge on any atom is 0.303 e. The van der Waals surface area contributed by atoms with Crippen LogP contribution >= 0.6 is 0 Å². The Morgan fingerprint density at radius 2 is 1.70 bits per heavy atom. The van der Waals surface area contributed by atoms with Gasteiger partial charge in [-0.25, -0.2) is 0 Å². The minimum Gasteiger partial charge on any atom is -0.472 e. The number of fused-ring (bicyclic) bond motifs is 5. The molecule has 8 atom stereocenters. The summed E-state index contributed by atoms with van der Waals surface area (Å²) in [4.78, 5) is 51.8. The Morgan fingerprint density at radius 3 is 2.30 bits per heavy atom. The van der Waals surface area contributed by atoms with Crippen LogP contribution in [0.2, 0.25) is 0 Å². The number of ketones is 2. The molecule has 0 spiro atoms. The van der Waals surface area contributed by atoms with Crippen molar-refractivity contribution in [2.24, 2.45) is 33.5 Å². The Labute approximate surface area is 217 Å². The number of furan rings is 1. The van der Waals surface area contributed by atoms with Crippen LogP contribution in [0.3, 0.4) is 0 Å². The fourth-order valence-corrected chi connectivity index (χ4v) is 8.93. The van der Waals surface area contributed by atoms with Crippen molar-refractivity contribution in [1.29, 1.82) is 0 Å². The Bertz CT molecular complexity index is 1240. The number of carbonyl (C=O) groups is 4. The van der Waals surface area contributed by atoms with Gasteiger partial charge in [0, 0.05) is 41.6 Å². The van der Waals surface area contributed by atoms with Crippen LogP contribution in [0.25, 0.3) is 0 Å². The molecule has 2 fully saturated rings. The van der Waals surface area contributed by atoms with Gasteiger partial charge in [-0.15, -0.1) is 0 Å². The highest BCUT2D eigenvalue weighted by Gasteiger charge is 2.73. The molecule has 7 heteroatoms. The van der Waals surface area contributed by atoms with Crippen LogP contribution in [-0.2, 0) is 28.7 Å². The zero-order valence-electron chi connectivity index (χ0n) is 22.6. The molecular formula is C30H36O7. The maximum atomic E-state index is 13.6. The highest BCUT2D eigenvalue weighted by atomic mass is 16.6. The number of allylic oxidation sites excluding steroid dienone is 3. The Hall–Kier alpha value is -2.96. The van der Waals surface area contributed by atoms with Crippen molar-refractivity contribution in [2.75, 3.05) is 0 Å². The van der Waals surface area contributed by atoms with E-state index >= 15 is 0 Å². The first-order chi connectivity index (χ1) is 17.2. The molecule has 1 unspecified atom stereocenters. The molecule has 5 rings (SSSR count). The van der Waals surface area contributed by atoms with E-state index in [0.29, 0.717) is 0 Å². The van der Waals surface area contributed by atoms with Gasteiger partial charge in [-0.3, -0.25) is 19.2 Å². The van der Waals surface area contributed by atoms with Crippen LogP contribution in [0, 0.1) is 33.5 Å². The average molecular weight is 509 g/mol. The topological polar surface area (TPSA) is 99.9 Å². The summed E-state index contributed by atoms with van der Waals surface area (Å²) >= 11 is 0. The van der Waals surface area contributed by atoms with Crippen molar-refractivity contribution in [3.05, 3.63) is 48.0 Å². The van der Waals surface area contributed by atoms with Crippen LogP contribution in [0.4, 0.5) is 0 Å². The molecule has 7 nitrogen and oxygen atoms in total. The van der Waals surface area contributed by atoms with Gasteiger partial charge in [-0.05, 0) is 48.0 Å². The van der Waals surface area contributed by atoms with Crippen molar-refractivity contribution in [3.63, 3.8) is 0 Å². The first kappa shape index (κ1) is 25.7. The van der Waals surface area contributed by atoms with E-state index in [1.807, 2.05) is 26.0 Å². The van der Waals surface area contributed by atoms with Crippen molar-refractivity contribution < 1.29 is 33.1 Å². The summed E-state index contributed by atoms with van der Waals surface area (Å²) in [5.74, 6) is -1.95. The molecule has 0 N–H and O–H groups in total. The van der Waals surface area contributed by atoms with Crippen molar-refractivity contribution in [1.82, 2.24) is 0 Å². The van der Waals surface area contributed by atoms with E-state index in [4.69, 9.17) is 13.9 Å². The number of esters is 2. The van der Waals surface area contributed by atoms with Crippen LogP contribution < -0.4 is 0 Å². The minimum absolute atomic E-state index is 0.00615. The predicted octanol–water partition coefficient (Wildman–Crippen LogP) is 4.96. The monoisotopic (exact) mass is 508 g/mol. The van der Waals surface area contributed by atoms with Gasteiger partial charge < -0.3 is 13.9 Å². The summed E-state index contributed by atoms with van der Waals surface area (Å²) in [6, 6.07) is 1.83. The number of ether oxygens (including phenoxy) is 2. The smallest absolute Gasteiger partial charge is 0.303 e. The first-order valence-electron chi connectivity index (χ1n) is 13.1. The van der Waals surface area contributed by atoms with Crippen molar-refractivity contribution in [2.45, 2.75) is 79.4 Å². The van der Waals surface area contributed by atoms with Gasteiger partial charge >= 0.3 is 11.9 Å². The van der Waals surface area contributed by atoms with Gasteiger partial charge in [0.1, 0.15) is 12.2 Å². The van der Waals surface area contributed by atoms with Crippen LogP contribution in [-0.4, -0.2) is 35.7 Å². The molecule has 0 aliphatic heterocycles. The van der Waals surface area contributed by atoms with Crippen molar-refractivity contribution >= 4 is 23.5 Å². The van der Waals surface area contributed by atoms with Crippen LogP contribution in [0.5, 0.6) is 0 Å². The molecule has 0 saturated heterocycles. The molecule has 1 aromatic heterocycles. The van der Waals surface area contributed by atoms with E-state index in [1.165, 1.54) is 13.8 Å². The van der Waals surface area contributed by atoms with E-state index in [2.05, 4.69) is 20.8 Å². The Morgan fingerprint density at radius 1 is 1.03 bits per heavy atom. The minimum atomic E-state index is -0.872. The summed E-state index contributed by atoms with van der Waals surface area (Å²) < 4.78 is 17.5.